The Hall–Kier alpha value is -3.39. The Morgan fingerprint density at radius 3 is 2.53 bits per heavy atom. The number of amides is 1. The molecule has 34 heavy (non-hydrogen) atoms. The first-order valence-corrected chi connectivity index (χ1v) is 11.9. The van der Waals surface area contributed by atoms with Crippen molar-refractivity contribution in [3.05, 3.63) is 59.5 Å². The molecule has 2 aromatic carbocycles. The summed E-state index contributed by atoms with van der Waals surface area (Å²) in [7, 11) is 0. The predicted molar refractivity (Wildman–Crippen MR) is 127 cm³/mol. The van der Waals surface area contributed by atoms with E-state index in [0.29, 0.717) is 30.5 Å². The van der Waals surface area contributed by atoms with Gasteiger partial charge >= 0.3 is 0 Å². The zero-order valence-corrected chi connectivity index (χ0v) is 19.7. The highest BCUT2D eigenvalue weighted by atomic mass is 16.7. The third-order valence-electron chi connectivity index (χ3n) is 6.42. The SMILES string of the molecule is CC(C)c1ccc(-c2noc(CCC(=O)N3CCN(Cc4ccc5c(c4)OCO5)CC3)n2)cc1. The largest absolute Gasteiger partial charge is 0.454 e. The highest BCUT2D eigenvalue weighted by Gasteiger charge is 2.22. The summed E-state index contributed by atoms with van der Waals surface area (Å²) in [6.45, 7) is 8.59. The Bertz CT molecular complexity index is 1130. The summed E-state index contributed by atoms with van der Waals surface area (Å²) >= 11 is 0. The molecule has 0 bridgehead atoms. The first-order chi connectivity index (χ1) is 16.5. The molecule has 8 heteroatoms. The molecule has 0 aliphatic carbocycles. The van der Waals surface area contributed by atoms with Gasteiger partial charge in [-0.25, -0.2) is 0 Å². The number of hydrogen-bond donors (Lipinski definition) is 0. The van der Waals surface area contributed by atoms with Gasteiger partial charge in [0.1, 0.15) is 0 Å². The van der Waals surface area contributed by atoms with Crippen molar-refractivity contribution in [3.8, 4) is 22.9 Å². The smallest absolute Gasteiger partial charge is 0.231 e. The average molecular weight is 463 g/mol. The molecule has 1 saturated heterocycles. The van der Waals surface area contributed by atoms with Crippen LogP contribution in [0.25, 0.3) is 11.4 Å². The number of ether oxygens (including phenoxy) is 2. The number of carbonyl (C=O) groups is 1. The van der Waals surface area contributed by atoms with Crippen molar-refractivity contribution in [2.45, 2.75) is 39.2 Å². The van der Waals surface area contributed by atoms with Crippen molar-refractivity contribution >= 4 is 5.91 Å². The highest BCUT2D eigenvalue weighted by Crippen LogP contribution is 2.33. The monoisotopic (exact) mass is 462 g/mol. The Kier molecular flexibility index (Phi) is 6.49. The van der Waals surface area contributed by atoms with E-state index in [9.17, 15) is 4.79 Å². The maximum atomic E-state index is 12.7. The quantitative estimate of drug-likeness (QED) is 0.527. The lowest BCUT2D eigenvalue weighted by Crippen LogP contribution is -2.48. The van der Waals surface area contributed by atoms with E-state index in [0.717, 1.165) is 49.8 Å². The van der Waals surface area contributed by atoms with Gasteiger partial charge in [0, 0.05) is 51.1 Å². The lowest BCUT2D eigenvalue weighted by Gasteiger charge is -2.34. The van der Waals surface area contributed by atoms with E-state index >= 15 is 0 Å². The van der Waals surface area contributed by atoms with Crippen LogP contribution in [-0.2, 0) is 17.8 Å². The minimum Gasteiger partial charge on any atom is -0.454 e. The zero-order valence-electron chi connectivity index (χ0n) is 19.7. The van der Waals surface area contributed by atoms with E-state index in [4.69, 9.17) is 14.0 Å². The molecule has 1 fully saturated rings. The van der Waals surface area contributed by atoms with Gasteiger partial charge in [0.2, 0.25) is 24.4 Å². The summed E-state index contributed by atoms with van der Waals surface area (Å²) in [5, 5.41) is 4.09. The van der Waals surface area contributed by atoms with Crippen LogP contribution < -0.4 is 9.47 Å². The molecule has 0 unspecified atom stereocenters. The lowest BCUT2D eigenvalue weighted by molar-refractivity contribution is -0.133. The Balaban J connectivity index is 1.08. The van der Waals surface area contributed by atoms with Gasteiger partial charge in [0.15, 0.2) is 11.5 Å². The molecular weight excluding hydrogens is 432 g/mol. The molecule has 2 aliphatic heterocycles. The van der Waals surface area contributed by atoms with Crippen molar-refractivity contribution < 1.29 is 18.8 Å². The number of aryl methyl sites for hydroxylation is 1. The Morgan fingerprint density at radius 1 is 1.00 bits per heavy atom. The summed E-state index contributed by atoms with van der Waals surface area (Å²) in [6, 6.07) is 14.3. The number of rotatable bonds is 7. The van der Waals surface area contributed by atoms with Gasteiger partial charge in [-0.2, -0.15) is 4.98 Å². The molecule has 0 radical (unpaired) electrons. The number of piperazine rings is 1. The van der Waals surface area contributed by atoms with Crippen LogP contribution in [0.4, 0.5) is 0 Å². The molecule has 0 N–H and O–H groups in total. The van der Waals surface area contributed by atoms with E-state index in [1.54, 1.807) is 0 Å². The molecule has 5 rings (SSSR count). The molecule has 178 valence electrons. The molecule has 8 nitrogen and oxygen atoms in total. The highest BCUT2D eigenvalue weighted by molar-refractivity contribution is 5.76. The minimum atomic E-state index is 0.128. The molecule has 3 heterocycles. The normalized spacial score (nSPS) is 15.8. The molecule has 2 aliphatic rings. The van der Waals surface area contributed by atoms with E-state index in [-0.39, 0.29) is 12.7 Å². The van der Waals surface area contributed by atoms with Gasteiger partial charge in [-0.05, 0) is 29.2 Å². The summed E-state index contributed by atoms with van der Waals surface area (Å²) in [5.74, 6) is 3.28. The standard InChI is InChI=1S/C26H30N4O4/c1-18(2)20-4-6-21(7-5-20)26-27-24(34-28-26)9-10-25(31)30-13-11-29(12-14-30)16-19-3-8-22-23(15-19)33-17-32-22/h3-8,15,18H,9-14,16-17H2,1-2H3. The molecule has 0 saturated carbocycles. The summed E-state index contributed by atoms with van der Waals surface area (Å²) in [4.78, 5) is 21.5. The average Bonchev–Trinajstić information content (AvgIpc) is 3.52. The van der Waals surface area contributed by atoms with Crippen LogP contribution in [0.3, 0.4) is 0 Å². The maximum Gasteiger partial charge on any atom is 0.231 e. The minimum absolute atomic E-state index is 0.128. The topological polar surface area (TPSA) is 80.9 Å². The van der Waals surface area contributed by atoms with Crippen LogP contribution in [-0.4, -0.2) is 58.8 Å². The van der Waals surface area contributed by atoms with Crippen LogP contribution in [0.1, 0.15) is 43.2 Å². The third-order valence-corrected chi connectivity index (χ3v) is 6.42. The first kappa shape index (κ1) is 22.4. The van der Waals surface area contributed by atoms with Gasteiger partial charge in [-0.1, -0.05) is 49.3 Å². The fourth-order valence-corrected chi connectivity index (χ4v) is 4.32. The Labute approximate surface area is 199 Å². The van der Waals surface area contributed by atoms with Crippen LogP contribution in [0.2, 0.25) is 0 Å². The second-order valence-corrected chi connectivity index (χ2v) is 9.13. The predicted octanol–water partition coefficient (Wildman–Crippen LogP) is 3.87. The molecule has 1 aromatic heterocycles. The van der Waals surface area contributed by atoms with Crippen molar-refractivity contribution in [1.29, 1.82) is 0 Å². The number of benzene rings is 2. The number of nitrogens with zero attached hydrogens (tertiary/aromatic N) is 4. The number of hydrogen-bond acceptors (Lipinski definition) is 7. The van der Waals surface area contributed by atoms with Gasteiger partial charge in [0.25, 0.3) is 0 Å². The summed E-state index contributed by atoms with van der Waals surface area (Å²) < 4.78 is 16.2. The van der Waals surface area contributed by atoms with E-state index in [1.807, 2.05) is 29.2 Å². The third kappa shape index (κ3) is 5.07. The van der Waals surface area contributed by atoms with Crippen LogP contribution in [0.5, 0.6) is 11.5 Å². The van der Waals surface area contributed by atoms with Crippen molar-refractivity contribution in [1.82, 2.24) is 19.9 Å². The maximum absolute atomic E-state index is 12.7. The van der Waals surface area contributed by atoms with Crippen molar-refractivity contribution in [2.75, 3.05) is 33.0 Å². The van der Waals surface area contributed by atoms with Crippen LogP contribution in [0, 0.1) is 0 Å². The number of fused-ring (bicyclic) bond motifs is 1. The number of carbonyl (C=O) groups excluding carboxylic acids is 1. The summed E-state index contributed by atoms with van der Waals surface area (Å²) in [6.07, 6.45) is 0.823. The number of aromatic nitrogens is 2. The molecular formula is C26H30N4O4. The van der Waals surface area contributed by atoms with Crippen molar-refractivity contribution in [3.63, 3.8) is 0 Å². The van der Waals surface area contributed by atoms with Crippen molar-refractivity contribution in [2.24, 2.45) is 0 Å². The Morgan fingerprint density at radius 2 is 1.76 bits per heavy atom. The van der Waals surface area contributed by atoms with E-state index in [1.165, 1.54) is 11.1 Å². The fourth-order valence-electron chi connectivity index (χ4n) is 4.32. The van der Waals surface area contributed by atoms with E-state index < -0.39 is 0 Å². The van der Waals surface area contributed by atoms with Crippen LogP contribution in [0.15, 0.2) is 47.0 Å². The van der Waals surface area contributed by atoms with Gasteiger partial charge in [-0.3, -0.25) is 9.69 Å². The van der Waals surface area contributed by atoms with Gasteiger partial charge in [-0.15, -0.1) is 0 Å². The second-order valence-electron chi connectivity index (χ2n) is 9.13. The second kappa shape index (κ2) is 9.85. The molecule has 0 atom stereocenters. The lowest BCUT2D eigenvalue weighted by atomic mass is 10.0. The van der Waals surface area contributed by atoms with Gasteiger partial charge < -0.3 is 18.9 Å². The molecule has 3 aromatic rings. The first-order valence-electron chi connectivity index (χ1n) is 11.9. The zero-order chi connectivity index (χ0) is 23.5. The van der Waals surface area contributed by atoms with Crippen LogP contribution >= 0.6 is 0 Å². The molecule has 1 amide bonds. The molecule has 0 spiro atoms. The van der Waals surface area contributed by atoms with E-state index in [2.05, 4.69) is 47.1 Å². The van der Waals surface area contributed by atoms with Gasteiger partial charge in [0.05, 0.1) is 0 Å². The summed E-state index contributed by atoms with van der Waals surface area (Å²) in [5.41, 5.74) is 3.38. The fraction of sp³-hybridized carbons (Fsp3) is 0.423.